The van der Waals surface area contributed by atoms with E-state index >= 15 is 0 Å². The summed E-state index contributed by atoms with van der Waals surface area (Å²) >= 11 is 0. The van der Waals surface area contributed by atoms with Gasteiger partial charge in [-0.05, 0) is 37.6 Å². The van der Waals surface area contributed by atoms with Gasteiger partial charge < -0.3 is 9.88 Å². The van der Waals surface area contributed by atoms with Crippen molar-refractivity contribution >= 4 is 0 Å². The zero-order valence-corrected chi connectivity index (χ0v) is 12.2. The van der Waals surface area contributed by atoms with Crippen LogP contribution in [-0.4, -0.2) is 22.1 Å². The van der Waals surface area contributed by atoms with Crippen LogP contribution in [0.5, 0.6) is 0 Å². The van der Waals surface area contributed by atoms with Crippen molar-refractivity contribution < 1.29 is 0 Å². The van der Waals surface area contributed by atoms with Crippen molar-refractivity contribution in [2.45, 2.75) is 59.5 Å². The van der Waals surface area contributed by atoms with E-state index in [1.54, 1.807) is 0 Å². The molecule has 2 atom stereocenters. The van der Waals surface area contributed by atoms with Crippen LogP contribution in [0.1, 0.15) is 46.4 Å². The summed E-state index contributed by atoms with van der Waals surface area (Å²) in [5.74, 6) is 2.04. The molecule has 0 aromatic carbocycles. The van der Waals surface area contributed by atoms with Gasteiger partial charge in [0.05, 0.1) is 0 Å². The molecule has 0 amide bonds. The molecule has 3 nitrogen and oxygen atoms in total. The van der Waals surface area contributed by atoms with E-state index in [-0.39, 0.29) is 0 Å². The number of nitrogens with one attached hydrogen (secondary N) is 1. The minimum absolute atomic E-state index is 0.523. The van der Waals surface area contributed by atoms with Crippen LogP contribution >= 0.6 is 0 Å². The zero-order chi connectivity index (χ0) is 13.2. The molecule has 2 unspecified atom stereocenters. The van der Waals surface area contributed by atoms with Gasteiger partial charge in [-0.3, -0.25) is 0 Å². The van der Waals surface area contributed by atoms with E-state index < -0.39 is 0 Å². The highest BCUT2D eigenvalue weighted by Crippen LogP contribution is 2.53. The number of hydrogen-bond acceptors (Lipinski definition) is 2. The molecule has 18 heavy (non-hydrogen) atoms. The molecule has 0 radical (unpaired) electrons. The Morgan fingerprint density at radius 3 is 2.78 bits per heavy atom. The number of hydrogen-bond donors (Lipinski definition) is 1. The second kappa shape index (κ2) is 5.43. The lowest BCUT2D eigenvalue weighted by Crippen LogP contribution is -2.36. The van der Waals surface area contributed by atoms with Gasteiger partial charge in [-0.25, -0.2) is 4.98 Å². The van der Waals surface area contributed by atoms with E-state index in [1.165, 1.54) is 18.7 Å². The normalized spacial score (nSPS) is 23.0. The van der Waals surface area contributed by atoms with Crippen LogP contribution in [0.15, 0.2) is 12.4 Å². The van der Waals surface area contributed by atoms with Crippen molar-refractivity contribution in [2.75, 3.05) is 6.54 Å². The van der Waals surface area contributed by atoms with Gasteiger partial charge in [0.25, 0.3) is 0 Å². The van der Waals surface area contributed by atoms with Crippen molar-refractivity contribution in [1.29, 1.82) is 0 Å². The summed E-state index contributed by atoms with van der Waals surface area (Å²) in [6, 6.07) is 0.590. The maximum absolute atomic E-state index is 4.52. The molecule has 2 rings (SSSR count). The number of aromatic nitrogens is 2. The number of rotatable bonds is 7. The van der Waals surface area contributed by atoms with E-state index in [4.69, 9.17) is 0 Å². The molecule has 1 saturated carbocycles. The van der Waals surface area contributed by atoms with Gasteiger partial charge in [0.2, 0.25) is 0 Å². The van der Waals surface area contributed by atoms with Gasteiger partial charge in [-0.15, -0.1) is 0 Å². The maximum atomic E-state index is 4.52. The highest BCUT2D eigenvalue weighted by atomic mass is 15.1. The Balaban J connectivity index is 2.01. The first-order valence-corrected chi connectivity index (χ1v) is 7.32. The van der Waals surface area contributed by atoms with Crippen LogP contribution in [0.3, 0.4) is 0 Å². The first kappa shape index (κ1) is 13.6. The molecule has 1 aromatic heterocycles. The molecule has 3 heteroatoms. The van der Waals surface area contributed by atoms with Gasteiger partial charge in [-0.2, -0.15) is 0 Å². The lowest BCUT2D eigenvalue weighted by Gasteiger charge is -2.20. The van der Waals surface area contributed by atoms with Gasteiger partial charge in [0, 0.05) is 31.4 Å². The molecule has 1 heterocycles. The molecule has 1 aliphatic carbocycles. The fourth-order valence-electron chi connectivity index (χ4n) is 2.90. The molecule has 1 aliphatic rings. The van der Waals surface area contributed by atoms with Crippen molar-refractivity contribution in [1.82, 2.24) is 14.9 Å². The van der Waals surface area contributed by atoms with Crippen LogP contribution in [0.2, 0.25) is 0 Å². The minimum Gasteiger partial charge on any atom is -0.335 e. The first-order chi connectivity index (χ1) is 8.58. The zero-order valence-electron chi connectivity index (χ0n) is 12.2. The minimum atomic E-state index is 0.523. The lowest BCUT2D eigenvalue weighted by atomic mass is 10.0. The SMILES string of the molecule is CCCNC(Cc1nccn1CC)C1CC1(C)C. The monoisotopic (exact) mass is 249 g/mol. The quantitative estimate of drug-likeness (QED) is 0.805. The lowest BCUT2D eigenvalue weighted by molar-refractivity contribution is 0.393. The molecule has 1 N–H and O–H groups in total. The van der Waals surface area contributed by atoms with Crippen LogP contribution in [0.25, 0.3) is 0 Å². The van der Waals surface area contributed by atoms with Gasteiger partial charge in [-0.1, -0.05) is 20.8 Å². The summed E-state index contributed by atoms with van der Waals surface area (Å²) in [5.41, 5.74) is 0.523. The third-order valence-electron chi connectivity index (χ3n) is 4.28. The van der Waals surface area contributed by atoms with Gasteiger partial charge >= 0.3 is 0 Å². The molecule has 0 bridgehead atoms. The van der Waals surface area contributed by atoms with Crippen LogP contribution in [-0.2, 0) is 13.0 Å². The molecule has 102 valence electrons. The molecule has 0 spiro atoms. The fraction of sp³-hybridized carbons (Fsp3) is 0.800. The first-order valence-electron chi connectivity index (χ1n) is 7.32. The molecule has 1 aromatic rings. The van der Waals surface area contributed by atoms with Crippen molar-refractivity contribution in [2.24, 2.45) is 11.3 Å². The van der Waals surface area contributed by atoms with E-state index in [1.807, 2.05) is 6.20 Å². The molecule has 0 saturated heterocycles. The molecule has 0 aliphatic heterocycles. The summed E-state index contributed by atoms with van der Waals surface area (Å²) in [6.45, 7) is 11.3. The van der Waals surface area contributed by atoms with E-state index in [0.717, 1.165) is 25.4 Å². The number of imidazole rings is 1. The summed E-state index contributed by atoms with van der Waals surface area (Å²) in [6.07, 6.45) is 7.63. The number of nitrogens with zero attached hydrogens (tertiary/aromatic N) is 2. The second-order valence-corrected chi connectivity index (χ2v) is 6.19. The topological polar surface area (TPSA) is 29.9 Å². The Bertz CT molecular complexity index is 381. The van der Waals surface area contributed by atoms with E-state index in [0.29, 0.717) is 11.5 Å². The van der Waals surface area contributed by atoms with E-state index in [2.05, 4.69) is 48.8 Å². The summed E-state index contributed by atoms with van der Waals surface area (Å²) in [4.78, 5) is 4.52. The standard InChI is InChI=1S/C15H27N3/c1-5-7-16-13(12-11-15(12,3)4)10-14-17-8-9-18(14)6-2/h8-9,12-13,16H,5-7,10-11H2,1-4H3. The Morgan fingerprint density at radius 1 is 1.50 bits per heavy atom. The van der Waals surface area contributed by atoms with Gasteiger partial charge in [0.15, 0.2) is 0 Å². The predicted molar refractivity (Wildman–Crippen MR) is 75.6 cm³/mol. The van der Waals surface area contributed by atoms with Gasteiger partial charge in [0.1, 0.15) is 5.82 Å². The Labute approximate surface area is 111 Å². The highest BCUT2D eigenvalue weighted by Gasteiger charge is 2.49. The van der Waals surface area contributed by atoms with Crippen LogP contribution in [0, 0.1) is 11.3 Å². The molecular weight excluding hydrogens is 222 g/mol. The summed E-state index contributed by atoms with van der Waals surface area (Å²) < 4.78 is 2.26. The average molecular weight is 249 g/mol. The number of aryl methyl sites for hydroxylation is 1. The van der Waals surface area contributed by atoms with E-state index in [9.17, 15) is 0 Å². The smallest absolute Gasteiger partial charge is 0.110 e. The Kier molecular flexibility index (Phi) is 4.10. The van der Waals surface area contributed by atoms with Crippen molar-refractivity contribution in [3.05, 3.63) is 18.2 Å². The van der Waals surface area contributed by atoms with Crippen molar-refractivity contribution in [3.63, 3.8) is 0 Å². The molecular formula is C15H27N3. The summed E-state index contributed by atoms with van der Waals surface area (Å²) in [5, 5.41) is 3.72. The third kappa shape index (κ3) is 2.94. The average Bonchev–Trinajstić information content (AvgIpc) is 2.76. The van der Waals surface area contributed by atoms with Crippen LogP contribution < -0.4 is 5.32 Å². The Hall–Kier alpha value is -0.830. The van der Waals surface area contributed by atoms with Crippen molar-refractivity contribution in [3.8, 4) is 0 Å². The fourth-order valence-corrected chi connectivity index (χ4v) is 2.90. The molecule has 1 fully saturated rings. The second-order valence-electron chi connectivity index (χ2n) is 6.19. The highest BCUT2D eigenvalue weighted by molar-refractivity contribution is 5.06. The third-order valence-corrected chi connectivity index (χ3v) is 4.28. The maximum Gasteiger partial charge on any atom is 0.110 e. The predicted octanol–water partition coefficient (Wildman–Crippen LogP) is 2.86. The van der Waals surface area contributed by atoms with Crippen LogP contribution in [0.4, 0.5) is 0 Å². The largest absolute Gasteiger partial charge is 0.335 e. The summed E-state index contributed by atoms with van der Waals surface area (Å²) in [7, 11) is 0. The Morgan fingerprint density at radius 2 is 2.22 bits per heavy atom.